The molecule has 0 bridgehead atoms. The molecule has 0 spiro atoms. The van der Waals surface area contributed by atoms with Gasteiger partial charge in [-0.15, -0.1) is 0 Å². The third-order valence-corrected chi connectivity index (χ3v) is 2.14. The molecular weight excluding hydrogens is 164 g/mol. The van der Waals surface area contributed by atoms with E-state index in [0.29, 0.717) is 0 Å². The number of hydrogen-bond acceptors (Lipinski definition) is 4. The van der Waals surface area contributed by atoms with E-state index >= 15 is 0 Å². The van der Waals surface area contributed by atoms with E-state index in [2.05, 4.69) is 21.3 Å². The topological polar surface area (TPSA) is 48.1 Å². The Hall–Kier alpha value is -0.160. The summed E-state index contributed by atoms with van der Waals surface area (Å²) in [4.78, 5) is 0. The molecule has 0 atom stereocenters. The van der Waals surface area contributed by atoms with Gasteiger partial charge in [-0.1, -0.05) is 0 Å². The van der Waals surface area contributed by atoms with Gasteiger partial charge in [-0.25, -0.2) is 0 Å². The van der Waals surface area contributed by atoms with Crippen LogP contribution in [0.25, 0.3) is 0 Å². The van der Waals surface area contributed by atoms with E-state index in [9.17, 15) is 0 Å². The summed E-state index contributed by atoms with van der Waals surface area (Å²) in [6, 6.07) is 0. The van der Waals surface area contributed by atoms with E-state index in [4.69, 9.17) is 0 Å². The molecule has 4 nitrogen and oxygen atoms in total. The Labute approximate surface area is 80.9 Å². The molecule has 2 heterocycles. The second-order valence-corrected chi connectivity index (χ2v) is 3.35. The van der Waals surface area contributed by atoms with Crippen LogP contribution >= 0.6 is 0 Å². The Balaban J connectivity index is 0.000000132. The highest BCUT2D eigenvalue weighted by Gasteiger charge is 1.92. The van der Waals surface area contributed by atoms with Crippen molar-refractivity contribution in [1.82, 2.24) is 21.3 Å². The summed E-state index contributed by atoms with van der Waals surface area (Å²) < 4.78 is 0. The zero-order chi connectivity index (χ0) is 9.19. The molecule has 2 aliphatic rings. The van der Waals surface area contributed by atoms with Gasteiger partial charge in [-0.05, 0) is 19.5 Å². The molecule has 2 aliphatic heterocycles. The highest BCUT2D eigenvalue weighted by atomic mass is 15.0. The summed E-state index contributed by atoms with van der Waals surface area (Å²) in [5.74, 6) is 0. The molecule has 13 heavy (non-hydrogen) atoms. The molecule has 0 radical (unpaired) electrons. The second kappa shape index (κ2) is 8.44. The van der Waals surface area contributed by atoms with Crippen LogP contribution in [0.3, 0.4) is 0 Å². The predicted molar refractivity (Wildman–Crippen MR) is 56.1 cm³/mol. The normalized spacial score (nSPS) is 24.0. The third-order valence-electron chi connectivity index (χ3n) is 2.14. The maximum atomic E-state index is 3.28. The Bertz CT molecular complexity index is 72.6. The van der Waals surface area contributed by atoms with Crippen LogP contribution in [-0.2, 0) is 0 Å². The zero-order valence-electron chi connectivity index (χ0n) is 8.36. The van der Waals surface area contributed by atoms with Gasteiger partial charge in [0, 0.05) is 39.3 Å². The van der Waals surface area contributed by atoms with Crippen LogP contribution in [0.15, 0.2) is 0 Å². The summed E-state index contributed by atoms with van der Waals surface area (Å²) >= 11 is 0. The Kier molecular flexibility index (Phi) is 7.09. The van der Waals surface area contributed by atoms with Crippen molar-refractivity contribution < 1.29 is 0 Å². The van der Waals surface area contributed by atoms with Crippen LogP contribution in [0.1, 0.15) is 6.42 Å². The quantitative estimate of drug-likeness (QED) is 0.382. The molecule has 0 saturated carbocycles. The number of hydrogen-bond donors (Lipinski definition) is 4. The molecule has 2 rings (SSSR count). The van der Waals surface area contributed by atoms with Gasteiger partial charge in [0.25, 0.3) is 0 Å². The van der Waals surface area contributed by atoms with Gasteiger partial charge in [-0.3, -0.25) is 0 Å². The summed E-state index contributed by atoms with van der Waals surface area (Å²) in [6.45, 7) is 9.21. The van der Waals surface area contributed by atoms with Gasteiger partial charge >= 0.3 is 0 Å². The summed E-state index contributed by atoms with van der Waals surface area (Å²) in [7, 11) is 0. The summed E-state index contributed by atoms with van der Waals surface area (Å²) in [5.41, 5.74) is 0. The minimum atomic E-state index is 1.14. The molecule has 0 aromatic heterocycles. The van der Waals surface area contributed by atoms with Gasteiger partial charge in [0.2, 0.25) is 0 Å². The molecular formula is C9H22N4. The standard InChI is InChI=1S/C5H12N2.C4H10N2/c1-2-6-4-5-7-3-1;1-2-6-4-3-5-1/h6-7H,1-5H2;5-6H,1-4H2. The average Bonchev–Trinajstić information content (AvgIpc) is 2.53. The van der Waals surface area contributed by atoms with Crippen molar-refractivity contribution in [2.24, 2.45) is 0 Å². The average molecular weight is 186 g/mol. The lowest BCUT2D eigenvalue weighted by atomic mass is 10.4. The molecule has 2 fully saturated rings. The fourth-order valence-electron chi connectivity index (χ4n) is 1.37. The monoisotopic (exact) mass is 186 g/mol. The Morgan fingerprint density at radius 2 is 0.692 bits per heavy atom. The molecule has 0 aromatic carbocycles. The van der Waals surface area contributed by atoms with Crippen LogP contribution < -0.4 is 21.3 Å². The highest BCUT2D eigenvalue weighted by molar-refractivity contribution is 4.59. The number of piperazine rings is 1. The minimum absolute atomic E-state index is 1.14. The van der Waals surface area contributed by atoms with Gasteiger partial charge in [0.05, 0.1) is 0 Å². The fraction of sp³-hybridized carbons (Fsp3) is 1.00. The van der Waals surface area contributed by atoms with Crippen LogP contribution in [0.4, 0.5) is 0 Å². The first-order valence-corrected chi connectivity index (χ1v) is 5.33. The fourth-order valence-corrected chi connectivity index (χ4v) is 1.37. The molecule has 0 aromatic rings. The van der Waals surface area contributed by atoms with Crippen molar-refractivity contribution in [2.75, 3.05) is 52.4 Å². The maximum absolute atomic E-state index is 3.28. The molecule has 0 aliphatic carbocycles. The van der Waals surface area contributed by atoms with Crippen LogP contribution in [-0.4, -0.2) is 52.4 Å². The maximum Gasteiger partial charge on any atom is 0.00772 e. The first kappa shape index (κ1) is 10.9. The van der Waals surface area contributed by atoms with Gasteiger partial charge in [-0.2, -0.15) is 0 Å². The van der Waals surface area contributed by atoms with E-state index in [1.165, 1.54) is 19.5 Å². The predicted octanol–water partition coefficient (Wildman–Crippen LogP) is -1.25. The smallest absolute Gasteiger partial charge is 0.00772 e. The minimum Gasteiger partial charge on any atom is -0.315 e. The largest absolute Gasteiger partial charge is 0.315 e. The Morgan fingerprint density at radius 3 is 1.00 bits per heavy atom. The lowest BCUT2D eigenvalue weighted by molar-refractivity contribution is 0.534. The molecule has 4 N–H and O–H groups in total. The highest BCUT2D eigenvalue weighted by Crippen LogP contribution is 1.75. The summed E-state index contributed by atoms with van der Waals surface area (Å²) in [5, 5.41) is 13.0. The van der Waals surface area contributed by atoms with Crippen LogP contribution in [0, 0.1) is 0 Å². The van der Waals surface area contributed by atoms with E-state index in [-0.39, 0.29) is 0 Å². The van der Waals surface area contributed by atoms with E-state index in [1.807, 2.05) is 0 Å². The zero-order valence-corrected chi connectivity index (χ0v) is 8.36. The molecule has 78 valence electrons. The first-order chi connectivity index (χ1) is 6.50. The molecule has 0 amide bonds. The van der Waals surface area contributed by atoms with Gasteiger partial charge in [0.15, 0.2) is 0 Å². The van der Waals surface area contributed by atoms with Gasteiger partial charge in [0.1, 0.15) is 0 Å². The van der Waals surface area contributed by atoms with E-state index in [1.54, 1.807) is 0 Å². The van der Waals surface area contributed by atoms with Gasteiger partial charge < -0.3 is 21.3 Å². The SMILES string of the molecule is C1CNCCN1.C1CNCCNC1. The van der Waals surface area contributed by atoms with Crippen LogP contribution in [0.2, 0.25) is 0 Å². The first-order valence-electron chi connectivity index (χ1n) is 5.33. The van der Waals surface area contributed by atoms with Crippen molar-refractivity contribution in [1.29, 1.82) is 0 Å². The van der Waals surface area contributed by atoms with E-state index in [0.717, 1.165) is 39.3 Å². The lowest BCUT2D eigenvalue weighted by Crippen LogP contribution is -2.39. The molecule has 2 saturated heterocycles. The van der Waals surface area contributed by atoms with Crippen molar-refractivity contribution in [3.63, 3.8) is 0 Å². The molecule has 0 unspecified atom stereocenters. The molecule has 4 heteroatoms. The second-order valence-electron chi connectivity index (χ2n) is 3.35. The van der Waals surface area contributed by atoms with Crippen molar-refractivity contribution >= 4 is 0 Å². The Morgan fingerprint density at radius 1 is 0.385 bits per heavy atom. The van der Waals surface area contributed by atoms with Crippen LogP contribution in [0.5, 0.6) is 0 Å². The third kappa shape index (κ3) is 6.95. The number of rotatable bonds is 0. The van der Waals surface area contributed by atoms with Crippen molar-refractivity contribution in [3.8, 4) is 0 Å². The summed E-state index contributed by atoms with van der Waals surface area (Å²) in [6.07, 6.45) is 1.28. The van der Waals surface area contributed by atoms with Crippen molar-refractivity contribution in [2.45, 2.75) is 6.42 Å². The van der Waals surface area contributed by atoms with Crippen molar-refractivity contribution in [3.05, 3.63) is 0 Å². The number of nitrogens with one attached hydrogen (secondary N) is 4. The lowest BCUT2D eigenvalue weighted by Gasteiger charge is -2.11. The van der Waals surface area contributed by atoms with E-state index < -0.39 is 0 Å².